The Balaban J connectivity index is 1.65. The number of hydrogen-bond donors (Lipinski definition) is 0. The van der Waals surface area contributed by atoms with Crippen LogP contribution in [0.5, 0.6) is 0 Å². The largest absolute Gasteiger partial charge is 0.317 e. The molecule has 5 aromatic rings. The summed E-state index contributed by atoms with van der Waals surface area (Å²) in [6, 6.07) is 22.5. The van der Waals surface area contributed by atoms with Crippen LogP contribution in [0.4, 0.5) is 0 Å². The van der Waals surface area contributed by atoms with E-state index in [4.69, 9.17) is 4.98 Å². The third-order valence-electron chi connectivity index (χ3n) is 6.68. The fraction of sp³-hybridized carbons (Fsp3) is 0.207. The first kappa shape index (κ1) is 23.2. The van der Waals surface area contributed by atoms with Crippen LogP contribution in [0.3, 0.4) is 0 Å². The molecular formula is C29H27BrN4O. The highest BCUT2D eigenvalue weighted by Crippen LogP contribution is 2.27. The summed E-state index contributed by atoms with van der Waals surface area (Å²) in [5.74, 6) is 0.766. The topological polar surface area (TPSA) is 52.2 Å². The molecule has 0 aliphatic carbocycles. The van der Waals surface area contributed by atoms with Gasteiger partial charge in [-0.15, -0.1) is 0 Å². The van der Waals surface area contributed by atoms with Crippen molar-refractivity contribution in [2.75, 3.05) is 0 Å². The number of halogens is 1. The molecule has 2 aromatic heterocycles. The molecule has 0 unspecified atom stereocenters. The van der Waals surface area contributed by atoms with Crippen molar-refractivity contribution in [2.24, 2.45) is 5.10 Å². The summed E-state index contributed by atoms with van der Waals surface area (Å²) in [5.41, 5.74) is 4.80. The second kappa shape index (κ2) is 9.27. The number of aromatic nitrogens is 3. The zero-order chi connectivity index (χ0) is 24.7. The van der Waals surface area contributed by atoms with Gasteiger partial charge in [-0.2, -0.15) is 9.78 Å². The van der Waals surface area contributed by atoms with Crippen LogP contribution in [0.25, 0.3) is 27.4 Å². The molecule has 35 heavy (non-hydrogen) atoms. The fourth-order valence-corrected chi connectivity index (χ4v) is 4.95. The molecule has 1 atom stereocenters. The van der Waals surface area contributed by atoms with E-state index in [1.807, 2.05) is 18.2 Å². The predicted molar refractivity (Wildman–Crippen MR) is 148 cm³/mol. The average molecular weight is 527 g/mol. The van der Waals surface area contributed by atoms with E-state index in [-0.39, 0.29) is 11.5 Å². The van der Waals surface area contributed by atoms with Gasteiger partial charge in [-0.25, -0.2) is 4.98 Å². The molecule has 0 saturated carbocycles. The van der Waals surface area contributed by atoms with Crippen molar-refractivity contribution < 1.29 is 0 Å². The van der Waals surface area contributed by atoms with Crippen molar-refractivity contribution in [3.05, 3.63) is 104 Å². The van der Waals surface area contributed by atoms with Gasteiger partial charge in [0.05, 0.1) is 22.8 Å². The molecule has 0 aliphatic heterocycles. The van der Waals surface area contributed by atoms with E-state index < -0.39 is 0 Å². The number of fused-ring (bicyclic) bond motifs is 2. The zero-order valence-electron chi connectivity index (χ0n) is 20.3. The lowest BCUT2D eigenvalue weighted by Crippen LogP contribution is -2.23. The van der Waals surface area contributed by atoms with E-state index in [9.17, 15) is 4.79 Å². The van der Waals surface area contributed by atoms with Gasteiger partial charge in [-0.3, -0.25) is 4.79 Å². The average Bonchev–Trinajstić information content (AvgIpc) is 3.15. The summed E-state index contributed by atoms with van der Waals surface area (Å²) in [6.07, 6.45) is 2.64. The molecule has 0 spiro atoms. The Kier molecular flexibility index (Phi) is 6.15. The van der Waals surface area contributed by atoms with Crippen LogP contribution >= 0.6 is 15.9 Å². The Labute approximate surface area is 212 Å². The Hall–Kier alpha value is -3.51. The maximum absolute atomic E-state index is 13.5. The molecule has 2 heterocycles. The van der Waals surface area contributed by atoms with Crippen molar-refractivity contribution in [3.8, 4) is 5.69 Å². The molecule has 5 nitrogen and oxygen atoms in total. The highest BCUT2D eigenvalue weighted by atomic mass is 79.9. The van der Waals surface area contributed by atoms with Gasteiger partial charge >= 0.3 is 0 Å². The molecule has 3 aromatic carbocycles. The minimum Gasteiger partial charge on any atom is -0.317 e. The molecule has 6 heteroatoms. The molecule has 5 rings (SSSR count). The summed E-state index contributed by atoms with van der Waals surface area (Å²) in [6.45, 7) is 8.35. The number of benzene rings is 3. The van der Waals surface area contributed by atoms with Crippen molar-refractivity contribution in [2.45, 2.75) is 40.0 Å². The predicted octanol–water partition coefficient (Wildman–Crippen LogP) is 7.12. The van der Waals surface area contributed by atoms with Crippen LogP contribution in [0.1, 0.15) is 49.0 Å². The second-order valence-corrected chi connectivity index (χ2v) is 9.88. The Morgan fingerprint density at radius 1 is 1.03 bits per heavy atom. The quantitative estimate of drug-likeness (QED) is 0.229. The zero-order valence-corrected chi connectivity index (χ0v) is 21.9. The van der Waals surface area contributed by atoms with E-state index in [0.29, 0.717) is 16.7 Å². The third-order valence-corrected chi connectivity index (χ3v) is 7.17. The smallest absolute Gasteiger partial charge is 0.282 e. The molecular weight excluding hydrogens is 500 g/mol. The van der Waals surface area contributed by atoms with E-state index in [2.05, 4.69) is 102 Å². The summed E-state index contributed by atoms with van der Waals surface area (Å²) < 4.78 is 4.56. The molecule has 176 valence electrons. The Morgan fingerprint density at radius 2 is 1.80 bits per heavy atom. The fourth-order valence-electron chi connectivity index (χ4n) is 4.59. The summed E-state index contributed by atoms with van der Waals surface area (Å²) >= 11 is 3.47. The standard InChI is InChI=1S/C29H27BrN4O/c1-5-18(2)28-32-26-14-13-23(30)16-25(26)29(35)34(28)31-17-22-15-19(3)33(20(22)4)27-12-8-10-21-9-6-7-11-24(21)27/h6-18H,5H2,1-4H3/t18-/m0/s1. The first-order chi connectivity index (χ1) is 16.9. The van der Waals surface area contributed by atoms with Gasteiger partial charge in [0.2, 0.25) is 0 Å². The summed E-state index contributed by atoms with van der Waals surface area (Å²) in [7, 11) is 0. The lowest BCUT2D eigenvalue weighted by Gasteiger charge is -2.14. The highest BCUT2D eigenvalue weighted by molar-refractivity contribution is 9.10. The van der Waals surface area contributed by atoms with Gasteiger partial charge in [-0.1, -0.05) is 66.2 Å². The maximum atomic E-state index is 13.5. The monoisotopic (exact) mass is 526 g/mol. The lowest BCUT2D eigenvalue weighted by atomic mass is 10.1. The van der Waals surface area contributed by atoms with E-state index >= 15 is 0 Å². The molecule has 0 radical (unpaired) electrons. The first-order valence-electron chi connectivity index (χ1n) is 11.8. The van der Waals surface area contributed by atoms with Crippen molar-refractivity contribution >= 4 is 43.8 Å². The van der Waals surface area contributed by atoms with Crippen molar-refractivity contribution in [1.82, 2.24) is 14.2 Å². The van der Waals surface area contributed by atoms with Crippen molar-refractivity contribution in [1.29, 1.82) is 0 Å². The first-order valence-corrected chi connectivity index (χ1v) is 12.6. The van der Waals surface area contributed by atoms with Crippen LogP contribution in [-0.4, -0.2) is 20.4 Å². The Bertz CT molecular complexity index is 1660. The van der Waals surface area contributed by atoms with Gasteiger partial charge in [-0.05, 0) is 56.0 Å². The van der Waals surface area contributed by atoms with Crippen LogP contribution in [0.15, 0.2) is 81.1 Å². The van der Waals surface area contributed by atoms with Crippen LogP contribution in [0, 0.1) is 13.8 Å². The summed E-state index contributed by atoms with van der Waals surface area (Å²) in [4.78, 5) is 18.3. The Morgan fingerprint density at radius 3 is 2.60 bits per heavy atom. The lowest BCUT2D eigenvalue weighted by molar-refractivity contribution is 0.613. The van der Waals surface area contributed by atoms with E-state index in [0.717, 1.165) is 33.5 Å². The van der Waals surface area contributed by atoms with Gasteiger partial charge < -0.3 is 4.57 Å². The van der Waals surface area contributed by atoms with Crippen molar-refractivity contribution in [3.63, 3.8) is 0 Å². The van der Waals surface area contributed by atoms with Gasteiger partial charge in [0.25, 0.3) is 5.56 Å². The number of rotatable bonds is 5. The molecule has 0 fully saturated rings. The number of nitrogens with zero attached hydrogens (tertiary/aromatic N) is 4. The minimum atomic E-state index is -0.161. The minimum absolute atomic E-state index is 0.0935. The molecule has 0 N–H and O–H groups in total. The third kappa shape index (κ3) is 4.12. The van der Waals surface area contributed by atoms with Crippen LogP contribution in [-0.2, 0) is 0 Å². The van der Waals surface area contributed by atoms with Crippen LogP contribution < -0.4 is 5.56 Å². The number of hydrogen-bond acceptors (Lipinski definition) is 3. The highest BCUT2D eigenvalue weighted by Gasteiger charge is 2.16. The molecule has 0 aliphatic rings. The normalized spacial score (nSPS) is 12.7. The number of aryl methyl sites for hydroxylation is 1. The maximum Gasteiger partial charge on any atom is 0.282 e. The van der Waals surface area contributed by atoms with E-state index in [1.54, 1.807) is 6.21 Å². The van der Waals surface area contributed by atoms with Gasteiger partial charge in [0.15, 0.2) is 0 Å². The SMILES string of the molecule is CC[C@H](C)c1nc2ccc(Br)cc2c(=O)n1N=Cc1cc(C)n(-c2cccc3ccccc23)c1C. The van der Waals surface area contributed by atoms with Gasteiger partial charge in [0, 0.05) is 32.7 Å². The van der Waals surface area contributed by atoms with E-state index in [1.165, 1.54) is 15.4 Å². The van der Waals surface area contributed by atoms with Crippen LogP contribution in [0.2, 0.25) is 0 Å². The molecule has 0 amide bonds. The molecule has 0 saturated heterocycles. The second-order valence-electron chi connectivity index (χ2n) is 8.96. The van der Waals surface area contributed by atoms with Gasteiger partial charge in [0.1, 0.15) is 5.82 Å². The summed E-state index contributed by atoms with van der Waals surface area (Å²) in [5, 5.41) is 7.62. The molecule has 0 bridgehead atoms.